The zero-order chi connectivity index (χ0) is 16.8. The Balaban J connectivity index is 2.02. The van der Waals surface area contributed by atoms with Crippen LogP contribution in [0, 0.1) is 12.8 Å². The number of nitrogens with zero attached hydrogens (tertiary/aromatic N) is 2. The summed E-state index contributed by atoms with van der Waals surface area (Å²) in [5, 5.41) is 7.35. The lowest BCUT2D eigenvalue weighted by atomic mass is 10.2. The first-order valence-electron chi connectivity index (χ1n) is 7.66. The summed E-state index contributed by atoms with van der Waals surface area (Å²) in [5.41, 5.74) is 1.73. The third kappa shape index (κ3) is 5.48. The number of anilines is 1. The molecule has 2 rings (SSSR count). The first kappa shape index (κ1) is 17.7. The van der Waals surface area contributed by atoms with Gasteiger partial charge in [-0.2, -0.15) is 5.10 Å². The van der Waals surface area contributed by atoms with Gasteiger partial charge in [0.2, 0.25) is 5.91 Å². The van der Waals surface area contributed by atoms with Crippen molar-refractivity contribution in [1.82, 2.24) is 9.78 Å². The molecule has 124 valence electrons. The largest absolute Gasteiger partial charge is 0.381 e. The summed E-state index contributed by atoms with van der Waals surface area (Å²) >= 11 is 3.45. The molecule has 1 N–H and O–H groups in total. The van der Waals surface area contributed by atoms with Crippen molar-refractivity contribution in [2.24, 2.45) is 5.92 Å². The summed E-state index contributed by atoms with van der Waals surface area (Å²) in [6, 6.07) is 9.63. The van der Waals surface area contributed by atoms with E-state index in [1.54, 1.807) is 4.68 Å². The fourth-order valence-corrected chi connectivity index (χ4v) is 2.47. The molecule has 0 aliphatic heterocycles. The summed E-state index contributed by atoms with van der Waals surface area (Å²) in [7, 11) is 0. The van der Waals surface area contributed by atoms with Crippen LogP contribution in [0.15, 0.2) is 34.8 Å². The van der Waals surface area contributed by atoms with Crippen LogP contribution in [0.2, 0.25) is 0 Å². The number of halogens is 1. The van der Waals surface area contributed by atoms with E-state index in [0.717, 1.165) is 15.9 Å². The van der Waals surface area contributed by atoms with E-state index in [-0.39, 0.29) is 5.91 Å². The van der Waals surface area contributed by atoms with Gasteiger partial charge in [0.05, 0.1) is 24.4 Å². The Bertz CT molecular complexity index is 668. The van der Waals surface area contributed by atoms with Crippen LogP contribution in [0.3, 0.4) is 0 Å². The van der Waals surface area contributed by atoms with Crippen molar-refractivity contribution in [3.63, 3.8) is 0 Å². The van der Waals surface area contributed by atoms with Gasteiger partial charge in [-0.25, -0.2) is 4.68 Å². The second-order valence-corrected chi connectivity index (χ2v) is 6.75. The zero-order valence-electron chi connectivity index (χ0n) is 13.7. The minimum absolute atomic E-state index is 0.0788. The number of hydrogen-bond acceptors (Lipinski definition) is 3. The minimum atomic E-state index is -0.0788. The third-order valence-corrected chi connectivity index (χ3v) is 3.57. The summed E-state index contributed by atoms with van der Waals surface area (Å²) in [6.45, 7) is 7.16. The Labute approximate surface area is 145 Å². The first-order chi connectivity index (χ1) is 11.0. The van der Waals surface area contributed by atoms with Crippen LogP contribution < -0.4 is 5.32 Å². The molecule has 0 bridgehead atoms. The highest BCUT2D eigenvalue weighted by molar-refractivity contribution is 9.10. The van der Waals surface area contributed by atoms with Gasteiger partial charge in [0.25, 0.3) is 0 Å². The molecule has 1 heterocycles. The van der Waals surface area contributed by atoms with Gasteiger partial charge in [0, 0.05) is 17.1 Å². The maximum absolute atomic E-state index is 12.1. The molecule has 0 saturated heterocycles. The molecule has 0 radical (unpaired) electrons. The zero-order valence-corrected chi connectivity index (χ0v) is 15.3. The van der Waals surface area contributed by atoms with E-state index in [0.29, 0.717) is 31.4 Å². The van der Waals surface area contributed by atoms with Crippen molar-refractivity contribution >= 4 is 27.7 Å². The average molecular weight is 380 g/mol. The number of amides is 1. The highest BCUT2D eigenvalue weighted by atomic mass is 79.9. The van der Waals surface area contributed by atoms with E-state index < -0.39 is 0 Å². The second kappa shape index (κ2) is 8.26. The normalized spacial score (nSPS) is 11.0. The molecule has 0 aliphatic rings. The van der Waals surface area contributed by atoms with Crippen LogP contribution in [0.4, 0.5) is 5.82 Å². The van der Waals surface area contributed by atoms with Crippen molar-refractivity contribution in [2.75, 3.05) is 18.5 Å². The fourth-order valence-electron chi connectivity index (χ4n) is 2.08. The molecule has 0 spiro atoms. The number of nitrogens with one attached hydrogen (secondary N) is 1. The van der Waals surface area contributed by atoms with Crippen LogP contribution in [-0.4, -0.2) is 28.9 Å². The standard InChI is InChI=1S/C17H22BrN3O2/c1-12(2)11-23-8-7-17(22)19-16-9-13(3)20-21(16)15-6-4-5-14(18)10-15/h4-6,9-10,12H,7-8,11H2,1-3H3,(H,19,22). The maximum Gasteiger partial charge on any atom is 0.227 e. The van der Waals surface area contributed by atoms with E-state index in [1.807, 2.05) is 37.3 Å². The number of benzene rings is 1. The monoisotopic (exact) mass is 379 g/mol. The summed E-state index contributed by atoms with van der Waals surface area (Å²) in [6.07, 6.45) is 0.329. The molecule has 0 atom stereocenters. The minimum Gasteiger partial charge on any atom is -0.381 e. The predicted octanol–water partition coefficient (Wildman–Crippen LogP) is 3.94. The van der Waals surface area contributed by atoms with Crippen molar-refractivity contribution < 1.29 is 9.53 Å². The van der Waals surface area contributed by atoms with E-state index in [4.69, 9.17) is 4.74 Å². The topological polar surface area (TPSA) is 56.1 Å². The van der Waals surface area contributed by atoms with Crippen LogP contribution in [0.25, 0.3) is 5.69 Å². The second-order valence-electron chi connectivity index (χ2n) is 5.83. The number of hydrogen-bond donors (Lipinski definition) is 1. The molecule has 5 nitrogen and oxygen atoms in total. The maximum atomic E-state index is 12.1. The Kier molecular flexibility index (Phi) is 6.36. The first-order valence-corrected chi connectivity index (χ1v) is 8.45. The van der Waals surface area contributed by atoms with E-state index >= 15 is 0 Å². The van der Waals surface area contributed by atoms with Crippen molar-refractivity contribution in [3.05, 3.63) is 40.5 Å². The van der Waals surface area contributed by atoms with Crippen molar-refractivity contribution in [1.29, 1.82) is 0 Å². The molecular weight excluding hydrogens is 358 g/mol. The Morgan fingerprint density at radius 1 is 1.39 bits per heavy atom. The number of ether oxygens (including phenoxy) is 1. The van der Waals surface area contributed by atoms with Crippen LogP contribution in [0.1, 0.15) is 26.0 Å². The molecule has 0 aliphatic carbocycles. The highest BCUT2D eigenvalue weighted by Gasteiger charge is 2.11. The third-order valence-electron chi connectivity index (χ3n) is 3.08. The molecule has 1 amide bonds. The van der Waals surface area contributed by atoms with Gasteiger partial charge in [-0.15, -0.1) is 0 Å². The van der Waals surface area contributed by atoms with Crippen LogP contribution in [-0.2, 0) is 9.53 Å². The van der Waals surface area contributed by atoms with Gasteiger partial charge in [-0.05, 0) is 31.0 Å². The van der Waals surface area contributed by atoms with E-state index in [9.17, 15) is 4.79 Å². The molecule has 1 aromatic heterocycles. The Hall–Kier alpha value is -1.66. The van der Waals surface area contributed by atoms with Gasteiger partial charge in [0.15, 0.2) is 0 Å². The smallest absolute Gasteiger partial charge is 0.227 e. The highest BCUT2D eigenvalue weighted by Crippen LogP contribution is 2.20. The lowest BCUT2D eigenvalue weighted by Crippen LogP contribution is -2.17. The van der Waals surface area contributed by atoms with Gasteiger partial charge < -0.3 is 10.1 Å². The summed E-state index contributed by atoms with van der Waals surface area (Å²) in [5.74, 6) is 1.05. The van der Waals surface area contributed by atoms with Gasteiger partial charge in [0.1, 0.15) is 5.82 Å². The molecule has 0 unspecified atom stereocenters. The molecular formula is C17H22BrN3O2. The quantitative estimate of drug-likeness (QED) is 0.741. The average Bonchev–Trinajstić information content (AvgIpc) is 2.84. The Morgan fingerprint density at radius 2 is 2.17 bits per heavy atom. The number of carbonyl (C=O) groups is 1. The van der Waals surface area contributed by atoms with Gasteiger partial charge in [-0.1, -0.05) is 35.8 Å². The lowest BCUT2D eigenvalue weighted by Gasteiger charge is -2.10. The van der Waals surface area contributed by atoms with E-state index in [2.05, 4.69) is 40.2 Å². The van der Waals surface area contributed by atoms with Crippen molar-refractivity contribution in [2.45, 2.75) is 27.2 Å². The number of carbonyl (C=O) groups excluding carboxylic acids is 1. The molecule has 23 heavy (non-hydrogen) atoms. The molecule has 0 saturated carbocycles. The lowest BCUT2D eigenvalue weighted by molar-refractivity contribution is -0.117. The molecule has 2 aromatic rings. The molecule has 1 aromatic carbocycles. The van der Waals surface area contributed by atoms with Crippen LogP contribution in [0.5, 0.6) is 0 Å². The van der Waals surface area contributed by atoms with Gasteiger partial charge >= 0.3 is 0 Å². The number of rotatable bonds is 7. The fraction of sp³-hybridized carbons (Fsp3) is 0.412. The number of aryl methyl sites for hydroxylation is 1. The van der Waals surface area contributed by atoms with Crippen LogP contribution >= 0.6 is 15.9 Å². The SMILES string of the molecule is Cc1cc(NC(=O)CCOCC(C)C)n(-c2cccc(Br)c2)n1. The Morgan fingerprint density at radius 3 is 2.87 bits per heavy atom. The van der Waals surface area contributed by atoms with E-state index in [1.165, 1.54) is 0 Å². The predicted molar refractivity (Wildman–Crippen MR) is 94.9 cm³/mol. The molecule has 0 fully saturated rings. The molecule has 6 heteroatoms. The van der Waals surface area contributed by atoms with Gasteiger partial charge in [-0.3, -0.25) is 4.79 Å². The summed E-state index contributed by atoms with van der Waals surface area (Å²) in [4.78, 5) is 12.1. The summed E-state index contributed by atoms with van der Waals surface area (Å²) < 4.78 is 8.14. The number of aromatic nitrogens is 2. The van der Waals surface area contributed by atoms with Crippen molar-refractivity contribution in [3.8, 4) is 5.69 Å².